The monoisotopic (exact) mass is 257 g/mol. The molecule has 0 spiro atoms. The average Bonchev–Trinajstić information content (AvgIpc) is 2.28. The maximum absolute atomic E-state index is 12.4. The van der Waals surface area contributed by atoms with E-state index >= 15 is 0 Å². The quantitative estimate of drug-likeness (QED) is 0.853. The first-order valence-corrected chi connectivity index (χ1v) is 6.34. The summed E-state index contributed by atoms with van der Waals surface area (Å²) in [7, 11) is 0. The van der Waals surface area contributed by atoms with Crippen LogP contribution in [0.4, 0.5) is 13.2 Å². The number of halogens is 3. The van der Waals surface area contributed by atoms with E-state index in [0.29, 0.717) is 12.0 Å². The van der Waals surface area contributed by atoms with Gasteiger partial charge in [-0.05, 0) is 56.3 Å². The topological polar surface area (TPSA) is 12.0 Å². The molecule has 100 valence electrons. The Morgan fingerprint density at radius 3 is 2.44 bits per heavy atom. The van der Waals surface area contributed by atoms with Gasteiger partial charge in [-0.2, -0.15) is 13.2 Å². The predicted molar refractivity (Wildman–Crippen MR) is 65.3 cm³/mol. The van der Waals surface area contributed by atoms with Crippen molar-refractivity contribution >= 4 is 0 Å². The van der Waals surface area contributed by atoms with E-state index in [1.807, 2.05) is 0 Å². The first kappa shape index (κ1) is 13.4. The van der Waals surface area contributed by atoms with Gasteiger partial charge in [-0.3, -0.25) is 0 Å². The lowest BCUT2D eigenvalue weighted by Gasteiger charge is -2.28. The van der Waals surface area contributed by atoms with Gasteiger partial charge in [0, 0.05) is 6.04 Å². The fourth-order valence-electron chi connectivity index (χ4n) is 2.58. The lowest BCUT2D eigenvalue weighted by Crippen LogP contribution is -2.36. The number of piperidine rings is 1. The summed E-state index contributed by atoms with van der Waals surface area (Å²) in [6.45, 7) is 3.16. The van der Waals surface area contributed by atoms with Crippen molar-refractivity contribution in [1.29, 1.82) is 0 Å². The summed E-state index contributed by atoms with van der Waals surface area (Å²) in [5, 5.41) is 3.38. The molecule has 1 saturated heterocycles. The summed E-state index contributed by atoms with van der Waals surface area (Å²) in [4.78, 5) is 0. The van der Waals surface area contributed by atoms with Crippen LogP contribution in [-0.2, 0) is 12.6 Å². The van der Waals surface area contributed by atoms with E-state index in [1.165, 1.54) is 12.1 Å². The minimum Gasteiger partial charge on any atom is -0.314 e. The molecule has 4 heteroatoms. The van der Waals surface area contributed by atoms with Crippen molar-refractivity contribution < 1.29 is 13.2 Å². The molecule has 0 bridgehead atoms. The Morgan fingerprint density at radius 2 is 1.89 bits per heavy atom. The molecular formula is C14H18F3N. The third-order valence-corrected chi connectivity index (χ3v) is 3.54. The zero-order chi connectivity index (χ0) is 13.2. The summed E-state index contributed by atoms with van der Waals surface area (Å²) >= 11 is 0. The zero-order valence-corrected chi connectivity index (χ0v) is 10.4. The van der Waals surface area contributed by atoms with Gasteiger partial charge in [-0.1, -0.05) is 12.1 Å². The highest BCUT2D eigenvalue weighted by atomic mass is 19.4. The minimum absolute atomic E-state index is 0.512. The second kappa shape index (κ2) is 5.31. The summed E-state index contributed by atoms with van der Waals surface area (Å²) in [5.41, 5.74) is 0.437. The molecule has 0 radical (unpaired) electrons. The van der Waals surface area contributed by atoms with Gasteiger partial charge in [0.1, 0.15) is 0 Å². The van der Waals surface area contributed by atoms with Gasteiger partial charge in [-0.15, -0.1) is 0 Å². The predicted octanol–water partition coefficient (Wildman–Crippen LogP) is 3.64. The first-order chi connectivity index (χ1) is 8.45. The Kier molecular flexibility index (Phi) is 3.95. The third kappa shape index (κ3) is 3.48. The maximum atomic E-state index is 12.4. The van der Waals surface area contributed by atoms with E-state index in [4.69, 9.17) is 0 Å². The molecule has 1 aliphatic heterocycles. The molecule has 0 aliphatic carbocycles. The number of hydrogen-bond donors (Lipinski definition) is 1. The smallest absolute Gasteiger partial charge is 0.314 e. The highest BCUT2D eigenvalue weighted by Gasteiger charge is 2.30. The number of alkyl halides is 3. The van der Waals surface area contributed by atoms with Crippen molar-refractivity contribution in [3.63, 3.8) is 0 Å². The van der Waals surface area contributed by atoms with Crippen LogP contribution in [-0.4, -0.2) is 12.6 Å². The number of nitrogens with one attached hydrogen (secondary N) is 1. The van der Waals surface area contributed by atoms with Crippen molar-refractivity contribution in [3.05, 3.63) is 35.4 Å². The summed E-state index contributed by atoms with van der Waals surface area (Å²) in [5.74, 6) is 0.581. The van der Waals surface area contributed by atoms with Crippen molar-refractivity contribution in [1.82, 2.24) is 5.32 Å². The van der Waals surface area contributed by atoms with Crippen LogP contribution < -0.4 is 5.32 Å². The highest BCUT2D eigenvalue weighted by Crippen LogP contribution is 2.30. The van der Waals surface area contributed by atoms with Gasteiger partial charge in [0.25, 0.3) is 0 Å². The van der Waals surface area contributed by atoms with E-state index in [9.17, 15) is 13.2 Å². The SMILES string of the molecule is CC1CC(Cc2ccc(C(F)(F)F)cc2)CCN1. The lowest BCUT2D eigenvalue weighted by molar-refractivity contribution is -0.137. The van der Waals surface area contributed by atoms with Crippen LogP contribution in [0.25, 0.3) is 0 Å². The van der Waals surface area contributed by atoms with Gasteiger partial charge in [0.2, 0.25) is 0 Å². The van der Waals surface area contributed by atoms with Gasteiger partial charge in [-0.25, -0.2) is 0 Å². The van der Waals surface area contributed by atoms with Crippen LogP contribution in [0.5, 0.6) is 0 Å². The second-order valence-electron chi connectivity index (χ2n) is 5.14. The molecule has 1 fully saturated rings. The molecular weight excluding hydrogens is 239 g/mol. The molecule has 1 aromatic carbocycles. The second-order valence-corrected chi connectivity index (χ2v) is 5.14. The molecule has 1 N–H and O–H groups in total. The minimum atomic E-state index is -4.23. The van der Waals surface area contributed by atoms with Crippen LogP contribution in [0, 0.1) is 5.92 Å². The Bertz CT molecular complexity index is 383. The molecule has 0 amide bonds. The van der Waals surface area contributed by atoms with Crippen LogP contribution >= 0.6 is 0 Å². The first-order valence-electron chi connectivity index (χ1n) is 6.34. The number of rotatable bonds is 2. The van der Waals surface area contributed by atoms with E-state index in [-0.39, 0.29) is 0 Å². The van der Waals surface area contributed by atoms with Crippen molar-refractivity contribution in [2.45, 2.75) is 38.4 Å². The Labute approximate surface area is 105 Å². The molecule has 1 heterocycles. The van der Waals surface area contributed by atoms with Crippen molar-refractivity contribution in [3.8, 4) is 0 Å². The zero-order valence-electron chi connectivity index (χ0n) is 10.4. The summed E-state index contributed by atoms with van der Waals surface area (Å²) < 4.78 is 37.3. The molecule has 2 unspecified atom stereocenters. The molecule has 1 nitrogen and oxygen atoms in total. The molecule has 0 saturated carbocycles. The molecule has 0 aromatic heterocycles. The largest absolute Gasteiger partial charge is 0.416 e. The fraction of sp³-hybridized carbons (Fsp3) is 0.571. The van der Waals surface area contributed by atoms with Crippen LogP contribution in [0.1, 0.15) is 30.9 Å². The van der Waals surface area contributed by atoms with E-state index in [1.54, 1.807) is 12.1 Å². The van der Waals surface area contributed by atoms with E-state index < -0.39 is 11.7 Å². The van der Waals surface area contributed by atoms with E-state index in [0.717, 1.165) is 31.4 Å². The molecule has 1 aromatic rings. The normalized spacial score (nSPS) is 25.1. The van der Waals surface area contributed by atoms with Crippen molar-refractivity contribution in [2.75, 3.05) is 6.54 Å². The van der Waals surface area contributed by atoms with Gasteiger partial charge >= 0.3 is 6.18 Å². The highest BCUT2D eigenvalue weighted by molar-refractivity contribution is 5.25. The summed E-state index contributed by atoms with van der Waals surface area (Å²) in [6, 6.07) is 6.09. The fourth-order valence-corrected chi connectivity index (χ4v) is 2.58. The molecule has 1 aliphatic rings. The molecule has 2 atom stereocenters. The maximum Gasteiger partial charge on any atom is 0.416 e. The third-order valence-electron chi connectivity index (χ3n) is 3.54. The molecule has 2 rings (SSSR count). The number of hydrogen-bond acceptors (Lipinski definition) is 1. The van der Waals surface area contributed by atoms with E-state index in [2.05, 4.69) is 12.2 Å². The van der Waals surface area contributed by atoms with Gasteiger partial charge in [0.05, 0.1) is 5.56 Å². The van der Waals surface area contributed by atoms with Gasteiger partial charge < -0.3 is 5.32 Å². The van der Waals surface area contributed by atoms with Crippen LogP contribution in [0.2, 0.25) is 0 Å². The Hall–Kier alpha value is -1.03. The summed E-state index contributed by atoms with van der Waals surface area (Å²) in [6.07, 6.45) is -1.15. The number of benzene rings is 1. The van der Waals surface area contributed by atoms with Crippen LogP contribution in [0.3, 0.4) is 0 Å². The van der Waals surface area contributed by atoms with Gasteiger partial charge in [0.15, 0.2) is 0 Å². The Morgan fingerprint density at radius 1 is 1.22 bits per heavy atom. The standard InChI is InChI=1S/C14H18F3N/c1-10-8-12(6-7-18-10)9-11-2-4-13(5-3-11)14(15,16)17/h2-5,10,12,18H,6-9H2,1H3. The average molecular weight is 257 g/mol. The molecule has 18 heavy (non-hydrogen) atoms. The van der Waals surface area contributed by atoms with Crippen LogP contribution in [0.15, 0.2) is 24.3 Å². The lowest BCUT2D eigenvalue weighted by atomic mass is 9.87. The Balaban J connectivity index is 1.98. The van der Waals surface area contributed by atoms with Crippen molar-refractivity contribution in [2.24, 2.45) is 5.92 Å².